The molecular weight excluding hydrogens is 787 g/mol. The number of rotatable bonds is 9. The highest BCUT2D eigenvalue weighted by atomic mass is 19.1. The highest BCUT2D eigenvalue weighted by Crippen LogP contribution is 2.35. The van der Waals surface area contributed by atoms with Crippen LogP contribution in [0.4, 0.5) is 31.5 Å². The largest absolute Gasteiger partial charge is 0.508 e. The van der Waals surface area contributed by atoms with E-state index in [9.17, 15) is 24.0 Å². The highest BCUT2D eigenvalue weighted by molar-refractivity contribution is 6.23. The van der Waals surface area contributed by atoms with Crippen LogP contribution in [-0.2, 0) is 20.8 Å². The molecule has 5 aliphatic heterocycles. The summed E-state index contributed by atoms with van der Waals surface area (Å²) < 4.78 is 36.6. The molecule has 8 rings (SSSR count). The van der Waals surface area contributed by atoms with E-state index in [2.05, 4.69) is 24.9 Å². The minimum absolute atomic E-state index is 0.0382. The first-order valence-corrected chi connectivity index (χ1v) is 21.0. The molecule has 1 unspecified atom stereocenters. The number of methoxy groups -OCH3 is 1. The molecule has 0 spiro atoms. The average molecular weight is 837 g/mol. The van der Waals surface area contributed by atoms with Crippen molar-refractivity contribution in [2.45, 2.75) is 64.1 Å². The third kappa shape index (κ3) is 8.23. The van der Waals surface area contributed by atoms with Crippen molar-refractivity contribution in [3.63, 3.8) is 0 Å². The number of carbonyl (C=O) groups is 5. The van der Waals surface area contributed by atoms with E-state index in [1.54, 1.807) is 23.1 Å². The van der Waals surface area contributed by atoms with Crippen LogP contribution in [0.5, 0.6) is 5.75 Å². The summed E-state index contributed by atoms with van der Waals surface area (Å²) in [5, 5.41) is 2.22. The van der Waals surface area contributed by atoms with Gasteiger partial charge in [-0.2, -0.15) is 0 Å². The predicted molar refractivity (Wildman–Crippen MR) is 224 cm³/mol. The van der Waals surface area contributed by atoms with E-state index in [-0.39, 0.29) is 59.6 Å². The number of nitrogens with one attached hydrogen (secondary N) is 1. The van der Waals surface area contributed by atoms with Gasteiger partial charge in [0.2, 0.25) is 23.4 Å². The Bertz CT molecular complexity index is 2300. The Hall–Kier alpha value is -6.08. The fraction of sp³-hybridized carbons (Fsp3) is 0.467. The Kier molecular flexibility index (Phi) is 11.7. The topological polar surface area (TPSA) is 130 Å². The molecule has 61 heavy (non-hydrogen) atoms. The molecule has 3 aromatic rings. The normalized spacial score (nSPS) is 22.7. The van der Waals surface area contributed by atoms with Crippen molar-refractivity contribution in [1.29, 1.82) is 0 Å². The number of fused-ring (bicyclic) bond motifs is 1. The first-order chi connectivity index (χ1) is 29.3. The van der Waals surface area contributed by atoms with Crippen LogP contribution in [0.15, 0.2) is 48.5 Å². The molecule has 5 aliphatic rings. The van der Waals surface area contributed by atoms with E-state index in [0.29, 0.717) is 43.5 Å². The van der Waals surface area contributed by atoms with Gasteiger partial charge in [-0.05, 0) is 75.4 Å². The minimum atomic E-state index is -1.01. The Morgan fingerprint density at radius 2 is 1.54 bits per heavy atom. The molecule has 0 radical (unpaired) electrons. The van der Waals surface area contributed by atoms with Crippen molar-refractivity contribution < 1.29 is 37.5 Å². The lowest BCUT2D eigenvalue weighted by Crippen LogP contribution is -2.58. The van der Waals surface area contributed by atoms with Gasteiger partial charge in [-0.1, -0.05) is 6.07 Å². The lowest BCUT2D eigenvalue weighted by atomic mass is 9.95. The number of anilines is 3. The van der Waals surface area contributed by atoms with Crippen LogP contribution in [0.1, 0.15) is 65.8 Å². The summed E-state index contributed by atoms with van der Waals surface area (Å²) in [6, 6.07) is 11.8. The summed E-state index contributed by atoms with van der Waals surface area (Å²) in [5.41, 5.74) is 2.91. The molecule has 16 heteroatoms. The molecule has 0 bridgehead atoms. The maximum absolute atomic E-state index is 15.6. The molecule has 3 atom stereocenters. The third-order valence-electron chi connectivity index (χ3n) is 13.0. The van der Waals surface area contributed by atoms with Gasteiger partial charge in [-0.15, -0.1) is 0 Å². The summed E-state index contributed by atoms with van der Waals surface area (Å²) in [6.45, 7) is 17.4. The molecular formula is C45H50F2N8O6. The summed E-state index contributed by atoms with van der Waals surface area (Å²) in [4.78, 5) is 78.9. The predicted octanol–water partition coefficient (Wildman–Crippen LogP) is 4.63. The first kappa shape index (κ1) is 41.6. The molecule has 0 aliphatic carbocycles. The smallest absolute Gasteiger partial charge is 0.262 e. The zero-order valence-electron chi connectivity index (χ0n) is 34.7. The number of amides is 5. The lowest BCUT2D eigenvalue weighted by molar-refractivity contribution is -0.136. The molecule has 320 valence electrons. The standard InChI is InChI=1S/C45H50F2N8O6/c1-27-25-54(28(2)24-53(27)32-6-8-37(48-3)40(22-32)61-4)42(57)20-30-19-36(47)39(23-35(30)46)52-13-11-29(12-14-52)26-50-15-17-51(18-16-50)31-5-7-33-34(21-31)45(60)55(44(33)59)38-9-10-41(56)49-43(38)58/h5-8,19,21-23,27-29,38H,9-18,20,24-26H2,1-2,4H3,(H,49,56,58)/t27-,28+,38?/m0/s1. The number of imide groups is 2. The first-order valence-electron chi connectivity index (χ1n) is 21.0. The van der Waals surface area contributed by atoms with Gasteiger partial charge in [0.15, 0.2) is 0 Å². The fourth-order valence-corrected chi connectivity index (χ4v) is 9.56. The molecule has 14 nitrogen and oxygen atoms in total. The fourth-order valence-electron chi connectivity index (χ4n) is 9.56. The molecule has 4 saturated heterocycles. The van der Waals surface area contributed by atoms with Gasteiger partial charge in [0.05, 0.1) is 36.9 Å². The zero-order chi connectivity index (χ0) is 43.1. The van der Waals surface area contributed by atoms with Gasteiger partial charge in [-0.25, -0.2) is 13.6 Å². The zero-order valence-corrected chi connectivity index (χ0v) is 34.7. The van der Waals surface area contributed by atoms with Crippen LogP contribution in [0.3, 0.4) is 0 Å². The SMILES string of the molecule is [C-]#[N+]c1ccc(N2C[C@@H](C)N(C(=O)Cc3cc(F)c(N4CCC(CN5CCN(c6ccc7c(c6)C(=O)N(C6CCC(=O)NC6=O)C7=O)CC5)CC4)cc3F)C[C@@H]2C)cc1OC. The number of halogens is 2. The Labute approximate surface area is 353 Å². The van der Waals surface area contributed by atoms with E-state index >= 15 is 8.78 Å². The van der Waals surface area contributed by atoms with Crippen LogP contribution in [0, 0.1) is 24.1 Å². The molecule has 5 heterocycles. The van der Waals surface area contributed by atoms with Gasteiger partial charge in [-0.3, -0.25) is 39.1 Å². The molecule has 1 N–H and O–H groups in total. The van der Waals surface area contributed by atoms with Gasteiger partial charge in [0, 0.05) is 100 Å². The lowest BCUT2D eigenvalue weighted by Gasteiger charge is -2.45. The Morgan fingerprint density at radius 3 is 2.25 bits per heavy atom. The number of benzene rings is 3. The number of nitrogens with zero attached hydrogens (tertiary/aromatic N) is 7. The third-order valence-corrected chi connectivity index (χ3v) is 13.0. The summed E-state index contributed by atoms with van der Waals surface area (Å²) in [5.74, 6) is -2.61. The van der Waals surface area contributed by atoms with Gasteiger partial charge in [0.1, 0.15) is 23.4 Å². The minimum Gasteiger partial charge on any atom is -0.508 e. The second-order valence-electron chi connectivity index (χ2n) is 16.8. The number of piperazine rings is 2. The van der Waals surface area contributed by atoms with Crippen molar-refractivity contribution in [1.82, 2.24) is 20.0 Å². The number of ether oxygens (including phenoxy) is 1. The van der Waals surface area contributed by atoms with E-state index in [4.69, 9.17) is 11.3 Å². The summed E-state index contributed by atoms with van der Waals surface area (Å²) in [7, 11) is 1.53. The number of piperidine rings is 2. The van der Waals surface area contributed by atoms with E-state index in [0.717, 1.165) is 61.8 Å². The molecule has 5 amide bonds. The number of hydrogen-bond acceptors (Lipinski definition) is 10. The van der Waals surface area contributed by atoms with E-state index in [1.165, 1.54) is 19.2 Å². The van der Waals surface area contributed by atoms with Gasteiger partial charge < -0.3 is 24.3 Å². The van der Waals surface area contributed by atoms with E-state index in [1.807, 2.05) is 36.9 Å². The Morgan fingerprint density at radius 1 is 0.820 bits per heavy atom. The van der Waals surface area contributed by atoms with Gasteiger partial charge in [0.25, 0.3) is 11.8 Å². The van der Waals surface area contributed by atoms with Crippen LogP contribution in [-0.4, -0.2) is 128 Å². The average Bonchev–Trinajstić information content (AvgIpc) is 3.50. The Balaban J connectivity index is 0.808. The van der Waals surface area contributed by atoms with Crippen LogP contribution < -0.4 is 24.8 Å². The van der Waals surface area contributed by atoms with Crippen molar-refractivity contribution in [2.24, 2.45) is 5.92 Å². The van der Waals surface area contributed by atoms with Crippen LogP contribution in [0.2, 0.25) is 0 Å². The number of carbonyl (C=O) groups excluding carboxylic acids is 5. The molecule has 3 aromatic carbocycles. The summed E-state index contributed by atoms with van der Waals surface area (Å²) in [6.07, 6.45) is 1.58. The highest BCUT2D eigenvalue weighted by Gasteiger charge is 2.45. The van der Waals surface area contributed by atoms with Crippen molar-refractivity contribution in [3.05, 3.63) is 88.3 Å². The maximum Gasteiger partial charge on any atom is 0.262 e. The second kappa shape index (κ2) is 17.1. The monoisotopic (exact) mass is 836 g/mol. The molecule has 4 fully saturated rings. The van der Waals surface area contributed by atoms with Crippen molar-refractivity contribution in [2.75, 3.05) is 80.7 Å². The quantitative estimate of drug-likeness (QED) is 0.241. The summed E-state index contributed by atoms with van der Waals surface area (Å²) >= 11 is 0. The van der Waals surface area contributed by atoms with Crippen LogP contribution >= 0.6 is 0 Å². The second-order valence-corrected chi connectivity index (χ2v) is 16.8. The molecule has 0 saturated carbocycles. The molecule has 0 aromatic heterocycles. The van der Waals surface area contributed by atoms with Gasteiger partial charge >= 0.3 is 0 Å². The number of hydrogen-bond donors (Lipinski definition) is 1. The van der Waals surface area contributed by atoms with E-state index < -0.39 is 41.3 Å². The van der Waals surface area contributed by atoms with Crippen molar-refractivity contribution >= 4 is 52.3 Å². The maximum atomic E-state index is 15.6. The van der Waals surface area contributed by atoms with Crippen molar-refractivity contribution in [3.8, 4) is 5.75 Å². The van der Waals surface area contributed by atoms with Crippen LogP contribution in [0.25, 0.3) is 4.85 Å².